The summed E-state index contributed by atoms with van der Waals surface area (Å²) in [5.74, 6) is 0.949. The summed E-state index contributed by atoms with van der Waals surface area (Å²) in [5.41, 5.74) is 1.51. The molecule has 0 radical (unpaired) electrons. The molecule has 1 aromatic carbocycles. The number of methoxy groups -OCH3 is 1. The highest BCUT2D eigenvalue weighted by Gasteiger charge is 2.19. The van der Waals surface area contributed by atoms with Gasteiger partial charge in [0.15, 0.2) is 0 Å². The van der Waals surface area contributed by atoms with Crippen molar-refractivity contribution in [3.8, 4) is 5.75 Å². The summed E-state index contributed by atoms with van der Waals surface area (Å²) in [5, 5.41) is 16.2. The van der Waals surface area contributed by atoms with Gasteiger partial charge in [0.1, 0.15) is 5.75 Å². The molecule has 0 aliphatic heterocycles. The first-order chi connectivity index (χ1) is 11.4. The highest BCUT2D eigenvalue weighted by atomic mass is 32.1. The van der Waals surface area contributed by atoms with Crippen LogP contribution in [0.1, 0.15) is 49.1 Å². The van der Waals surface area contributed by atoms with Crippen molar-refractivity contribution >= 4 is 17.2 Å². The van der Waals surface area contributed by atoms with Gasteiger partial charge in [0.2, 0.25) is 5.91 Å². The largest absolute Gasteiger partial charge is 0.497 e. The lowest BCUT2D eigenvalue weighted by atomic mass is 10.0. The summed E-state index contributed by atoms with van der Waals surface area (Å²) < 4.78 is 5.10. The Morgan fingerprint density at radius 3 is 2.50 bits per heavy atom. The molecule has 130 valence electrons. The summed E-state index contributed by atoms with van der Waals surface area (Å²) in [6, 6.07) is 6.77. The van der Waals surface area contributed by atoms with E-state index < -0.39 is 12.1 Å². The van der Waals surface area contributed by atoms with E-state index in [2.05, 4.69) is 24.1 Å². The van der Waals surface area contributed by atoms with Gasteiger partial charge in [-0.1, -0.05) is 26.0 Å². The number of aliphatic hydroxyl groups excluding tert-OH is 1. The molecule has 2 atom stereocenters. The molecule has 0 spiro atoms. The van der Waals surface area contributed by atoms with Crippen LogP contribution in [0.3, 0.4) is 0 Å². The predicted molar refractivity (Wildman–Crippen MR) is 95.5 cm³/mol. The lowest BCUT2D eigenvalue weighted by Gasteiger charge is -2.20. The second-order valence-electron chi connectivity index (χ2n) is 6.08. The van der Waals surface area contributed by atoms with Crippen molar-refractivity contribution in [2.24, 2.45) is 0 Å². The second-order valence-corrected chi connectivity index (χ2v) is 6.97. The highest BCUT2D eigenvalue weighted by molar-refractivity contribution is 7.09. The Hall–Kier alpha value is -1.92. The Morgan fingerprint density at radius 1 is 1.29 bits per heavy atom. The quantitative estimate of drug-likeness (QED) is 0.807. The van der Waals surface area contributed by atoms with E-state index in [0.717, 1.165) is 22.0 Å². The first kappa shape index (κ1) is 18.4. The van der Waals surface area contributed by atoms with Crippen molar-refractivity contribution in [3.63, 3.8) is 0 Å². The molecule has 2 unspecified atom stereocenters. The van der Waals surface area contributed by atoms with Crippen molar-refractivity contribution in [2.75, 3.05) is 7.11 Å². The summed E-state index contributed by atoms with van der Waals surface area (Å²) >= 11 is 1.57. The van der Waals surface area contributed by atoms with E-state index >= 15 is 0 Å². The number of aliphatic hydroxyl groups is 1. The molecule has 0 aliphatic rings. The summed E-state index contributed by atoms with van der Waals surface area (Å²) in [7, 11) is 1.59. The third-order valence-electron chi connectivity index (χ3n) is 3.72. The number of amides is 1. The third kappa shape index (κ3) is 4.79. The van der Waals surface area contributed by atoms with Gasteiger partial charge in [0, 0.05) is 11.3 Å². The van der Waals surface area contributed by atoms with Crippen LogP contribution in [0, 0.1) is 0 Å². The highest BCUT2D eigenvalue weighted by Crippen LogP contribution is 2.21. The number of carbonyl (C=O) groups excluding carboxylic acids is 1. The van der Waals surface area contributed by atoms with E-state index in [0.29, 0.717) is 5.92 Å². The first-order valence-electron chi connectivity index (χ1n) is 7.96. The maximum Gasteiger partial charge on any atom is 0.226 e. The SMILES string of the molecule is COc1ccc(C(O)C(C)NC(=O)Cc2csc(C(C)C)n2)cc1. The fraction of sp³-hybridized carbons (Fsp3) is 0.444. The van der Waals surface area contributed by atoms with Gasteiger partial charge < -0.3 is 15.2 Å². The van der Waals surface area contributed by atoms with Crippen LogP contribution in [0.4, 0.5) is 0 Å². The minimum Gasteiger partial charge on any atom is -0.497 e. The molecular weight excluding hydrogens is 324 g/mol. The van der Waals surface area contributed by atoms with E-state index in [4.69, 9.17) is 4.74 Å². The zero-order valence-corrected chi connectivity index (χ0v) is 15.3. The zero-order chi connectivity index (χ0) is 17.7. The number of hydrogen-bond donors (Lipinski definition) is 2. The van der Waals surface area contributed by atoms with Gasteiger partial charge in [0.25, 0.3) is 0 Å². The van der Waals surface area contributed by atoms with Gasteiger partial charge in [0.05, 0.1) is 36.4 Å². The maximum absolute atomic E-state index is 12.2. The number of rotatable bonds is 7. The van der Waals surface area contributed by atoms with Gasteiger partial charge in [-0.05, 0) is 24.6 Å². The number of nitrogens with zero attached hydrogens (tertiary/aromatic N) is 1. The molecule has 2 rings (SSSR count). The predicted octanol–water partition coefficient (Wildman–Crippen LogP) is 3.06. The molecule has 2 N–H and O–H groups in total. The number of thiazole rings is 1. The van der Waals surface area contributed by atoms with Gasteiger partial charge in [-0.25, -0.2) is 4.98 Å². The number of hydrogen-bond acceptors (Lipinski definition) is 5. The van der Waals surface area contributed by atoms with Gasteiger partial charge in [-0.3, -0.25) is 4.79 Å². The Kier molecular flexibility index (Phi) is 6.34. The van der Waals surface area contributed by atoms with Crippen LogP contribution in [0.2, 0.25) is 0 Å². The van der Waals surface area contributed by atoms with Crippen molar-refractivity contribution in [2.45, 2.75) is 45.3 Å². The topological polar surface area (TPSA) is 71.5 Å². The Bertz CT molecular complexity index is 667. The number of carbonyl (C=O) groups is 1. The van der Waals surface area contributed by atoms with E-state index in [1.807, 2.05) is 5.38 Å². The van der Waals surface area contributed by atoms with Crippen molar-refractivity contribution in [1.82, 2.24) is 10.3 Å². The van der Waals surface area contributed by atoms with Gasteiger partial charge in [-0.15, -0.1) is 11.3 Å². The van der Waals surface area contributed by atoms with E-state index in [-0.39, 0.29) is 12.3 Å². The van der Waals surface area contributed by atoms with Crippen molar-refractivity contribution in [1.29, 1.82) is 0 Å². The van der Waals surface area contributed by atoms with Gasteiger partial charge in [-0.2, -0.15) is 0 Å². The zero-order valence-electron chi connectivity index (χ0n) is 14.4. The number of aromatic nitrogens is 1. The molecule has 0 saturated heterocycles. The van der Waals surface area contributed by atoms with Crippen LogP contribution >= 0.6 is 11.3 Å². The fourth-order valence-electron chi connectivity index (χ4n) is 2.31. The molecule has 6 heteroatoms. The normalized spacial score (nSPS) is 13.6. The molecule has 0 bridgehead atoms. The molecule has 0 saturated carbocycles. The summed E-state index contributed by atoms with van der Waals surface area (Å²) in [4.78, 5) is 16.6. The monoisotopic (exact) mass is 348 g/mol. The molecule has 0 fully saturated rings. The first-order valence-corrected chi connectivity index (χ1v) is 8.84. The van der Waals surface area contributed by atoms with Crippen LogP contribution in [-0.4, -0.2) is 29.1 Å². The lowest BCUT2D eigenvalue weighted by Crippen LogP contribution is -2.38. The average molecular weight is 348 g/mol. The van der Waals surface area contributed by atoms with E-state index in [1.54, 1.807) is 49.6 Å². The molecule has 0 aliphatic carbocycles. The number of benzene rings is 1. The molecule has 24 heavy (non-hydrogen) atoms. The molecule has 1 heterocycles. The van der Waals surface area contributed by atoms with Gasteiger partial charge >= 0.3 is 0 Å². The van der Waals surface area contributed by atoms with Crippen LogP contribution in [0.15, 0.2) is 29.6 Å². The molecule has 2 aromatic rings. The Labute approximate surface area is 146 Å². The minimum absolute atomic E-state index is 0.143. The number of ether oxygens (including phenoxy) is 1. The third-order valence-corrected chi connectivity index (χ3v) is 4.92. The molecule has 1 amide bonds. The van der Waals surface area contributed by atoms with E-state index in [9.17, 15) is 9.90 Å². The van der Waals surface area contributed by atoms with Crippen LogP contribution in [0.25, 0.3) is 0 Å². The second kappa shape index (κ2) is 8.26. The Morgan fingerprint density at radius 2 is 1.96 bits per heavy atom. The van der Waals surface area contributed by atoms with Crippen molar-refractivity contribution in [3.05, 3.63) is 45.9 Å². The average Bonchev–Trinajstić information content (AvgIpc) is 3.02. The lowest BCUT2D eigenvalue weighted by molar-refractivity contribution is -0.121. The van der Waals surface area contributed by atoms with E-state index in [1.165, 1.54) is 0 Å². The van der Waals surface area contributed by atoms with Crippen LogP contribution in [0.5, 0.6) is 5.75 Å². The minimum atomic E-state index is -0.776. The standard InChI is InChI=1S/C18H24N2O3S/c1-11(2)18-20-14(10-24-18)9-16(21)19-12(3)17(22)13-5-7-15(23-4)8-6-13/h5-8,10-12,17,22H,9H2,1-4H3,(H,19,21). The van der Waals surface area contributed by atoms with Crippen LogP contribution in [-0.2, 0) is 11.2 Å². The fourth-order valence-corrected chi connectivity index (χ4v) is 3.14. The molecular formula is C18H24N2O3S. The summed E-state index contributed by atoms with van der Waals surface area (Å²) in [6.07, 6.45) is -0.551. The van der Waals surface area contributed by atoms with Crippen molar-refractivity contribution < 1.29 is 14.6 Å². The molecule has 5 nitrogen and oxygen atoms in total. The summed E-state index contributed by atoms with van der Waals surface area (Å²) in [6.45, 7) is 5.94. The maximum atomic E-state index is 12.2. The molecule has 1 aromatic heterocycles. The smallest absolute Gasteiger partial charge is 0.226 e. The van der Waals surface area contributed by atoms with Crippen LogP contribution < -0.4 is 10.1 Å². The Balaban J connectivity index is 1.91. The number of nitrogens with one attached hydrogen (secondary N) is 1.